The van der Waals surface area contributed by atoms with E-state index >= 15 is 0 Å². The lowest BCUT2D eigenvalue weighted by atomic mass is 9.96. The first-order valence-electron chi connectivity index (χ1n) is 14.2. The summed E-state index contributed by atoms with van der Waals surface area (Å²) in [6.45, 7) is 4.66. The number of carbonyl (C=O) groups excluding carboxylic acids is 1. The van der Waals surface area contributed by atoms with Crippen LogP contribution in [0.25, 0.3) is 0 Å². The summed E-state index contributed by atoms with van der Waals surface area (Å²) in [6, 6.07) is 7.44. The Morgan fingerprint density at radius 2 is 1.37 bits per heavy atom. The van der Waals surface area contributed by atoms with Gasteiger partial charge in [0.15, 0.2) is 5.78 Å². The molecular weight excluding hydrogens is 495 g/mol. The number of alkyl halides is 3. The fraction of sp³-hybridized carbons (Fsp3) is 0.724. The molecule has 0 saturated carbocycles. The summed E-state index contributed by atoms with van der Waals surface area (Å²) < 4.78 is 31.7. The Labute approximate surface area is 227 Å². The molecule has 1 aromatic carbocycles. The zero-order valence-corrected chi connectivity index (χ0v) is 23.2. The van der Waals surface area contributed by atoms with E-state index in [1.807, 2.05) is 24.3 Å². The lowest BCUT2D eigenvalue weighted by Gasteiger charge is -2.14. The number of hydrogen-bond donors (Lipinski definition) is 4. The number of carbonyl (C=O) groups is 2. The molecule has 6 N–H and O–H groups in total. The van der Waals surface area contributed by atoms with Gasteiger partial charge in [-0.3, -0.25) is 4.79 Å². The number of unbranched alkanes of at least 4 members (excludes halogenated alkanes) is 12. The van der Waals surface area contributed by atoms with Crippen molar-refractivity contribution in [2.75, 3.05) is 13.1 Å². The number of benzene rings is 1. The van der Waals surface area contributed by atoms with Crippen LogP contribution in [0.3, 0.4) is 0 Å². The molecule has 0 aromatic heterocycles. The van der Waals surface area contributed by atoms with Crippen molar-refractivity contribution in [1.82, 2.24) is 5.32 Å². The Bertz CT molecular complexity index is 745. The van der Waals surface area contributed by atoms with E-state index < -0.39 is 18.2 Å². The highest BCUT2D eigenvalue weighted by molar-refractivity contribution is 6.01. The van der Waals surface area contributed by atoms with E-state index in [2.05, 4.69) is 12.2 Å². The van der Waals surface area contributed by atoms with E-state index in [4.69, 9.17) is 21.4 Å². The summed E-state index contributed by atoms with van der Waals surface area (Å²) in [6.07, 6.45) is 13.9. The zero-order chi connectivity index (χ0) is 28.7. The molecule has 9 heteroatoms. The van der Waals surface area contributed by atoms with Crippen LogP contribution in [0.2, 0.25) is 0 Å². The second kappa shape index (κ2) is 23.0. The molecule has 220 valence electrons. The summed E-state index contributed by atoms with van der Waals surface area (Å²) in [5.41, 5.74) is 13.5. The number of nitrogens with one attached hydrogen (secondary N) is 1. The normalized spacial score (nSPS) is 12.1. The number of aliphatic carboxylic acids is 1. The molecule has 6 nitrogen and oxygen atoms in total. The lowest BCUT2D eigenvalue weighted by Crippen LogP contribution is -2.31. The van der Waals surface area contributed by atoms with Crippen molar-refractivity contribution < 1.29 is 27.9 Å². The molecule has 0 spiro atoms. The van der Waals surface area contributed by atoms with E-state index in [0.717, 1.165) is 37.1 Å². The third-order valence-corrected chi connectivity index (χ3v) is 6.35. The van der Waals surface area contributed by atoms with Crippen molar-refractivity contribution in [3.05, 3.63) is 35.4 Å². The molecule has 38 heavy (non-hydrogen) atoms. The van der Waals surface area contributed by atoms with Crippen LogP contribution in [0.1, 0.15) is 119 Å². The second-order valence-corrected chi connectivity index (χ2v) is 9.78. The van der Waals surface area contributed by atoms with Crippen LogP contribution < -0.4 is 16.8 Å². The van der Waals surface area contributed by atoms with Crippen molar-refractivity contribution in [2.45, 2.75) is 122 Å². The van der Waals surface area contributed by atoms with Crippen LogP contribution in [-0.2, 0) is 11.3 Å². The van der Waals surface area contributed by atoms with Gasteiger partial charge in [0.2, 0.25) is 0 Å². The Morgan fingerprint density at radius 3 is 1.87 bits per heavy atom. The van der Waals surface area contributed by atoms with E-state index in [9.17, 15) is 18.0 Å². The molecule has 0 bridgehead atoms. The fourth-order valence-corrected chi connectivity index (χ4v) is 4.07. The quantitative estimate of drug-likeness (QED) is 0.100. The predicted molar refractivity (Wildman–Crippen MR) is 148 cm³/mol. The minimum Gasteiger partial charge on any atom is -0.475 e. The number of ketones is 1. The summed E-state index contributed by atoms with van der Waals surface area (Å²) in [7, 11) is 0. The number of nitrogens with two attached hydrogens (primary N) is 2. The molecule has 0 fully saturated rings. The number of rotatable bonds is 21. The first-order valence-corrected chi connectivity index (χ1v) is 14.2. The van der Waals surface area contributed by atoms with Crippen LogP contribution >= 0.6 is 0 Å². The number of hydrogen-bond acceptors (Lipinski definition) is 5. The van der Waals surface area contributed by atoms with Crippen molar-refractivity contribution in [1.29, 1.82) is 0 Å². The number of carboxylic acids is 1. The van der Waals surface area contributed by atoms with Gasteiger partial charge in [0.05, 0.1) is 6.04 Å². The molecule has 1 aromatic rings. The van der Waals surface area contributed by atoms with Crippen LogP contribution in [0.4, 0.5) is 13.2 Å². The Hall–Kier alpha value is -1.97. The van der Waals surface area contributed by atoms with Gasteiger partial charge in [-0.25, -0.2) is 4.79 Å². The number of halogens is 3. The summed E-state index contributed by atoms with van der Waals surface area (Å²) in [4.78, 5) is 21.6. The van der Waals surface area contributed by atoms with Crippen molar-refractivity contribution in [3.8, 4) is 0 Å². The highest BCUT2D eigenvalue weighted by Crippen LogP contribution is 2.15. The Morgan fingerprint density at radius 1 is 0.868 bits per heavy atom. The maximum absolute atomic E-state index is 12.7. The van der Waals surface area contributed by atoms with E-state index in [0.29, 0.717) is 13.0 Å². The summed E-state index contributed by atoms with van der Waals surface area (Å²) in [5, 5.41) is 10.6. The van der Waals surface area contributed by atoms with Gasteiger partial charge in [-0.05, 0) is 37.9 Å². The van der Waals surface area contributed by atoms with Crippen molar-refractivity contribution in [2.24, 2.45) is 11.5 Å². The lowest BCUT2D eigenvalue weighted by molar-refractivity contribution is -0.192. The topological polar surface area (TPSA) is 118 Å². The van der Waals surface area contributed by atoms with Crippen LogP contribution in [-0.4, -0.2) is 42.2 Å². The van der Waals surface area contributed by atoms with Gasteiger partial charge < -0.3 is 21.9 Å². The smallest absolute Gasteiger partial charge is 0.475 e. The highest BCUT2D eigenvalue weighted by atomic mass is 19.4. The molecule has 1 rings (SSSR count). The minimum atomic E-state index is -5.08. The van der Waals surface area contributed by atoms with Crippen molar-refractivity contribution in [3.63, 3.8) is 0 Å². The van der Waals surface area contributed by atoms with Gasteiger partial charge in [-0.2, -0.15) is 13.2 Å². The van der Waals surface area contributed by atoms with Gasteiger partial charge in [-0.1, -0.05) is 108 Å². The van der Waals surface area contributed by atoms with Crippen LogP contribution in [0, 0.1) is 0 Å². The standard InChI is InChI=1S/C27H49N3O.C2HF3O2/c1-2-3-4-5-6-7-8-9-10-11-12-17-22-30-23-24-18-13-14-19-25(24)27(31)26(29)20-15-16-21-28;3-2(4,5)1(6)7/h13-14,18-19,26,30H,2-12,15-17,20-23,28-29H2,1H3;(H,6,7)/t26-;/m0./s1. The van der Waals surface area contributed by atoms with E-state index in [-0.39, 0.29) is 5.78 Å². The Kier molecular flexibility index (Phi) is 21.8. The van der Waals surface area contributed by atoms with Crippen molar-refractivity contribution >= 4 is 11.8 Å². The average molecular weight is 546 g/mol. The van der Waals surface area contributed by atoms with E-state index in [1.54, 1.807) is 0 Å². The first-order chi connectivity index (χ1) is 18.1. The Balaban J connectivity index is 0.00000171. The highest BCUT2D eigenvalue weighted by Gasteiger charge is 2.38. The molecule has 0 radical (unpaired) electrons. The molecule has 0 aliphatic carbocycles. The maximum atomic E-state index is 12.7. The molecule has 0 amide bonds. The first kappa shape index (κ1) is 36.0. The van der Waals surface area contributed by atoms with Gasteiger partial charge >= 0.3 is 12.1 Å². The van der Waals surface area contributed by atoms with Gasteiger partial charge in [-0.15, -0.1) is 0 Å². The second-order valence-electron chi connectivity index (χ2n) is 9.78. The number of carboxylic acid groups (broad SMARTS) is 1. The molecule has 0 saturated heterocycles. The predicted octanol–water partition coefficient (Wildman–Crippen LogP) is 6.75. The van der Waals surface area contributed by atoms with Gasteiger partial charge in [0.25, 0.3) is 0 Å². The number of Topliss-reactive ketones (excluding diaryl/α,β-unsaturated/α-hetero) is 1. The van der Waals surface area contributed by atoms with Crippen LogP contribution in [0.5, 0.6) is 0 Å². The molecule has 0 aliphatic heterocycles. The molecule has 0 unspecified atom stereocenters. The van der Waals surface area contributed by atoms with Crippen LogP contribution in [0.15, 0.2) is 24.3 Å². The third-order valence-electron chi connectivity index (χ3n) is 6.35. The summed E-state index contributed by atoms with van der Waals surface area (Å²) >= 11 is 0. The minimum absolute atomic E-state index is 0.0554. The van der Waals surface area contributed by atoms with Gasteiger partial charge in [0.1, 0.15) is 0 Å². The molecule has 1 atom stereocenters. The monoisotopic (exact) mass is 545 g/mol. The molecule has 0 aliphatic rings. The zero-order valence-electron chi connectivity index (χ0n) is 23.2. The fourth-order valence-electron chi connectivity index (χ4n) is 4.07. The van der Waals surface area contributed by atoms with Gasteiger partial charge in [0, 0.05) is 12.1 Å². The van der Waals surface area contributed by atoms with E-state index in [1.165, 1.54) is 77.0 Å². The molecular formula is C29H50F3N3O3. The maximum Gasteiger partial charge on any atom is 0.490 e. The average Bonchev–Trinajstić information content (AvgIpc) is 2.88. The SMILES string of the molecule is CCCCCCCCCCCCCCNCc1ccccc1C(=O)[C@@H](N)CCCCN.O=C(O)C(F)(F)F. The summed E-state index contributed by atoms with van der Waals surface area (Å²) in [5.74, 6) is -2.70. The third kappa shape index (κ3) is 19.2. The largest absolute Gasteiger partial charge is 0.490 e. The molecule has 0 heterocycles.